The second kappa shape index (κ2) is 31.6. The Morgan fingerprint density at radius 2 is 1.25 bits per heavy atom. The Labute approximate surface area is 332 Å². The molecule has 0 unspecified atom stereocenters. The van der Waals surface area contributed by atoms with E-state index in [2.05, 4.69) is 22.9 Å². The van der Waals surface area contributed by atoms with E-state index in [1.165, 1.54) is 51.4 Å². The van der Waals surface area contributed by atoms with Crippen molar-refractivity contribution in [1.29, 1.82) is 0 Å². The van der Waals surface area contributed by atoms with Gasteiger partial charge in [0.25, 0.3) is 0 Å². The van der Waals surface area contributed by atoms with E-state index >= 15 is 0 Å². The molecule has 0 aromatic heterocycles. The van der Waals surface area contributed by atoms with E-state index in [9.17, 15) is 40.2 Å². The van der Waals surface area contributed by atoms with Crippen LogP contribution >= 0.6 is 0 Å². The average Bonchev–Trinajstić information content (AvgIpc) is 3.19. The Bertz CT molecular complexity index is 957. The molecule has 2 saturated heterocycles. The molecule has 0 bridgehead atoms. The molecule has 0 radical (unpaired) electrons. The fourth-order valence-corrected chi connectivity index (χ4v) is 7.63. The van der Waals surface area contributed by atoms with Gasteiger partial charge in [-0.15, -0.1) is 0 Å². The molecule has 0 aromatic carbocycles. The molecule has 2 heterocycles. The van der Waals surface area contributed by atoms with Crippen LogP contribution in [0.3, 0.4) is 0 Å². The van der Waals surface area contributed by atoms with Gasteiger partial charge in [0.2, 0.25) is 11.8 Å². The molecule has 2 fully saturated rings. The van der Waals surface area contributed by atoms with Crippen LogP contribution in [0.25, 0.3) is 0 Å². The third kappa shape index (κ3) is 21.8. The number of unbranched alkanes of at least 4 members (excludes halogenated alkanes) is 19. The van der Waals surface area contributed by atoms with Gasteiger partial charge in [0.15, 0.2) is 6.29 Å². The standard InChI is InChI=1S/C42H81N3O10/c1-2-3-4-5-6-7-8-9-11-14-17-20-23-34(47)37(49)33(31-54-42-40(52)39(51)38(50)35(30-46)55-42)45-36(48)24-21-18-15-12-10-13-16-19-22-27-44-41(53)32-25-28-43-29-26-32/h32-35,37-40,42-43,46-47,49-52H,2-31H2,1H3,(H,44,53)(H,45,48)/t33-,34+,35+,37-,38-,39-,40+,42-/m0/s1. The fraction of sp³-hybridized carbons (Fsp3) is 0.952. The number of rotatable bonds is 33. The van der Waals surface area contributed by atoms with Gasteiger partial charge in [-0.1, -0.05) is 129 Å². The van der Waals surface area contributed by atoms with Gasteiger partial charge in [0.05, 0.1) is 25.4 Å². The molecular weight excluding hydrogens is 706 g/mol. The van der Waals surface area contributed by atoms with Crippen LogP contribution in [-0.4, -0.2) is 124 Å². The van der Waals surface area contributed by atoms with Gasteiger partial charge in [-0.25, -0.2) is 0 Å². The van der Waals surface area contributed by atoms with Gasteiger partial charge in [-0.3, -0.25) is 9.59 Å². The van der Waals surface area contributed by atoms with E-state index in [1.807, 2.05) is 0 Å². The summed E-state index contributed by atoms with van der Waals surface area (Å²) in [5.74, 6) is 0.0725. The monoisotopic (exact) mass is 788 g/mol. The largest absolute Gasteiger partial charge is 0.394 e. The minimum absolute atomic E-state index is 0.158. The second-order valence-corrected chi connectivity index (χ2v) is 16.2. The fourth-order valence-electron chi connectivity index (χ4n) is 7.63. The minimum atomic E-state index is -1.62. The molecule has 8 atom stereocenters. The summed E-state index contributed by atoms with van der Waals surface area (Å²) >= 11 is 0. The first kappa shape index (κ1) is 49.7. The van der Waals surface area contributed by atoms with E-state index in [0.717, 1.165) is 110 Å². The number of piperidine rings is 1. The molecule has 2 aliphatic rings. The first-order chi connectivity index (χ1) is 26.7. The molecule has 0 aliphatic carbocycles. The van der Waals surface area contributed by atoms with E-state index in [4.69, 9.17) is 9.47 Å². The van der Waals surface area contributed by atoms with Crippen molar-refractivity contribution in [3.8, 4) is 0 Å². The van der Waals surface area contributed by atoms with Crippen molar-refractivity contribution in [2.45, 2.75) is 216 Å². The molecule has 55 heavy (non-hydrogen) atoms. The Balaban J connectivity index is 1.67. The number of amides is 2. The van der Waals surface area contributed by atoms with Crippen molar-refractivity contribution in [3.05, 3.63) is 0 Å². The zero-order valence-corrected chi connectivity index (χ0v) is 34.2. The highest BCUT2D eigenvalue weighted by Crippen LogP contribution is 2.23. The highest BCUT2D eigenvalue weighted by molar-refractivity contribution is 5.78. The number of carbonyl (C=O) groups is 2. The number of ether oxygens (including phenoxy) is 2. The SMILES string of the molecule is CCCCCCCCCCCCCC[C@@H](O)[C@@H](O)[C@H](CO[C@H]1O[C@H](CO)[C@H](O)[C@H](O)[C@H]1O)NC(=O)CCCCCCCCCCCNC(=O)C1CCNCC1. The molecule has 2 amide bonds. The minimum Gasteiger partial charge on any atom is -0.394 e. The molecule has 324 valence electrons. The molecule has 0 spiro atoms. The van der Waals surface area contributed by atoms with Crippen molar-refractivity contribution in [2.24, 2.45) is 5.92 Å². The summed E-state index contributed by atoms with van der Waals surface area (Å²) in [6, 6.07) is -1.01. The van der Waals surface area contributed by atoms with Crippen LogP contribution in [0.2, 0.25) is 0 Å². The van der Waals surface area contributed by atoms with Crippen molar-refractivity contribution in [3.63, 3.8) is 0 Å². The maximum Gasteiger partial charge on any atom is 0.223 e. The molecule has 2 rings (SSSR count). The first-order valence-corrected chi connectivity index (χ1v) is 22.3. The van der Waals surface area contributed by atoms with Gasteiger partial charge in [0.1, 0.15) is 30.5 Å². The van der Waals surface area contributed by atoms with Gasteiger partial charge < -0.3 is 56.1 Å². The lowest BCUT2D eigenvalue weighted by molar-refractivity contribution is -0.303. The van der Waals surface area contributed by atoms with E-state index < -0.39 is 55.6 Å². The van der Waals surface area contributed by atoms with E-state index in [0.29, 0.717) is 12.8 Å². The van der Waals surface area contributed by atoms with Crippen molar-refractivity contribution < 1.29 is 49.7 Å². The predicted molar refractivity (Wildman–Crippen MR) is 214 cm³/mol. The topological polar surface area (TPSA) is 210 Å². The summed E-state index contributed by atoms with van der Waals surface area (Å²) < 4.78 is 11.1. The molecule has 13 nitrogen and oxygen atoms in total. The maximum atomic E-state index is 13.0. The highest BCUT2D eigenvalue weighted by Gasteiger charge is 2.44. The van der Waals surface area contributed by atoms with Gasteiger partial charge in [0, 0.05) is 18.9 Å². The summed E-state index contributed by atoms with van der Waals surface area (Å²) in [6.07, 6.45) is 16.1. The zero-order chi connectivity index (χ0) is 40.1. The number of nitrogens with one attached hydrogen (secondary N) is 3. The van der Waals surface area contributed by atoms with Gasteiger partial charge >= 0.3 is 0 Å². The predicted octanol–water partition coefficient (Wildman–Crippen LogP) is 4.12. The quantitative estimate of drug-likeness (QED) is 0.0432. The van der Waals surface area contributed by atoms with Crippen LogP contribution in [0.1, 0.15) is 167 Å². The molecule has 13 heteroatoms. The highest BCUT2D eigenvalue weighted by atomic mass is 16.7. The lowest BCUT2D eigenvalue weighted by atomic mass is 9.97. The number of carbonyl (C=O) groups excluding carboxylic acids is 2. The summed E-state index contributed by atoms with van der Waals surface area (Å²) in [5.41, 5.74) is 0. The first-order valence-electron chi connectivity index (χ1n) is 22.3. The number of hydrogen-bond acceptors (Lipinski definition) is 11. The van der Waals surface area contributed by atoms with Crippen LogP contribution in [0.5, 0.6) is 0 Å². The Morgan fingerprint density at radius 3 is 1.82 bits per heavy atom. The van der Waals surface area contributed by atoms with Crippen molar-refractivity contribution >= 4 is 11.8 Å². The molecular formula is C42H81N3O10. The van der Waals surface area contributed by atoms with E-state index in [-0.39, 0.29) is 30.8 Å². The molecule has 9 N–H and O–H groups in total. The number of hydrogen-bond donors (Lipinski definition) is 9. The smallest absolute Gasteiger partial charge is 0.223 e. The summed E-state index contributed by atoms with van der Waals surface area (Å²) in [7, 11) is 0. The maximum absolute atomic E-state index is 13.0. The Kier molecular flexibility index (Phi) is 28.5. The molecule has 2 aliphatic heterocycles. The zero-order valence-electron chi connectivity index (χ0n) is 34.2. The van der Waals surface area contributed by atoms with Gasteiger partial charge in [-0.2, -0.15) is 0 Å². The van der Waals surface area contributed by atoms with Crippen molar-refractivity contribution in [1.82, 2.24) is 16.0 Å². The second-order valence-electron chi connectivity index (χ2n) is 16.2. The van der Waals surface area contributed by atoms with Crippen LogP contribution in [0.4, 0.5) is 0 Å². The van der Waals surface area contributed by atoms with Crippen LogP contribution in [0.15, 0.2) is 0 Å². The van der Waals surface area contributed by atoms with Crippen molar-refractivity contribution in [2.75, 3.05) is 32.8 Å². The third-order valence-electron chi connectivity index (χ3n) is 11.4. The van der Waals surface area contributed by atoms with Crippen LogP contribution < -0.4 is 16.0 Å². The van der Waals surface area contributed by atoms with Crippen LogP contribution in [0, 0.1) is 5.92 Å². The third-order valence-corrected chi connectivity index (χ3v) is 11.4. The normalized spacial score (nSPS) is 23.7. The number of aliphatic hydroxyl groups excluding tert-OH is 6. The Morgan fingerprint density at radius 1 is 0.727 bits per heavy atom. The lowest BCUT2D eigenvalue weighted by Crippen LogP contribution is -2.60. The van der Waals surface area contributed by atoms with Gasteiger partial charge in [-0.05, 0) is 45.2 Å². The van der Waals surface area contributed by atoms with E-state index in [1.54, 1.807) is 0 Å². The summed E-state index contributed by atoms with van der Waals surface area (Å²) in [4.78, 5) is 25.2. The molecule has 0 aromatic rings. The summed E-state index contributed by atoms with van der Waals surface area (Å²) in [5, 5.41) is 71.4. The average molecular weight is 788 g/mol. The Hall–Kier alpha value is -1.42. The van der Waals surface area contributed by atoms with Crippen LogP contribution in [-0.2, 0) is 19.1 Å². The number of aliphatic hydroxyl groups is 6. The lowest BCUT2D eigenvalue weighted by Gasteiger charge is -2.40. The molecule has 0 saturated carbocycles. The summed E-state index contributed by atoms with van der Waals surface area (Å²) in [6.45, 7) is 3.90.